The lowest BCUT2D eigenvalue weighted by Crippen LogP contribution is -2.40. The average molecular weight is 398 g/mol. The first kappa shape index (κ1) is 18.5. The summed E-state index contributed by atoms with van der Waals surface area (Å²) in [5, 5.41) is 10.2. The highest BCUT2D eigenvalue weighted by Crippen LogP contribution is 2.45. The summed E-state index contributed by atoms with van der Waals surface area (Å²) in [6.07, 6.45) is 5.77. The second-order valence-corrected chi connectivity index (χ2v) is 8.23. The van der Waals surface area contributed by atoms with Gasteiger partial charge in [-0.15, -0.1) is 0 Å². The zero-order valence-corrected chi connectivity index (χ0v) is 16.6. The summed E-state index contributed by atoms with van der Waals surface area (Å²) in [4.78, 5) is 20.5. The molecule has 1 fully saturated rings. The lowest BCUT2D eigenvalue weighted by molar-refractivity contribution is -0.0335. The molecule has 0 bridgehead atoms. The second-order valence-electron chi connectivity index (χ2n) is 8.23. The van der Waals surface area contributed by atoms with Gasteiger partial charge >= 0.3 is 0 Å². The van der Waals surface area contributed by atoms with Gasteiger partial charge < -0.3 is 10.8 Å². The Morgan fingerprint density at radius 3 is 2.53 bits per heavy atom. The molecular weight excluding hydrogens is 376 g/mol. The number of hydrogen-bond acceptors (Lipinski definition) is 5. The highest BCUT2D eigenvalue weighted by Gasteiger charge is 2.41. The number of aliphatic hydroxyl groups is 1. The zero-order valence-electron chi connectivity index (χ0n) is 16.6. The van der Waals surface area contributed by atoms with E-state index < -0.39 is 5.60 Å². The van der Waals surface area contributed by atoms with Gasteiger partial charge in [-0.1, -0.05) is 48.5 Å². The third-order valence-electron chi connectivity index (χ3n) is 5.90. The Balaban J connectivity index is 1.59. The van der Waals surface area contributed by atoms with E-state index in [0.29, 0.717) is 24.2 Å². The number of aromatic nitrogens is 3. The van der Waals surface area contributed by atoms with E-state index >= 15 is 0 Å². The maximum Gasteiger partial charge on any atom is 0.150 e. The van der Waals surface area contributed by atoms with Crippen LogP contribution in [0.2, 0.25) is 0 Å². The van der Waals surface area contributed by atoms with E-state index in [-0.39, 0.29) is 5.92 Å². The number of anilines is 1. The first-order valence-electron chi connectivity index (χ1n) is 9.97. The third kappa shape index (κ3) is 2.97. The number of rotatable bonds is 4. The van der Waals surface area contributed by atoms with E-state index in [1.807, 2.05) is 66.1 Å². The van der Waals surface area contributed by atoms with Gasteiger partial charge in [0.15, 0.2) is 6.29 Å². The summed E-state index contributed by atoms with van der Waals surface area (Å²) in [7, 11) is 0. The number of nitrogen functional groups attached to an aromatic ring is 1. The fourth-order valence-corrected chi connectivity index (χ4v) is 4.43. The van der Waals surface area contributed by atoms with Gasteiger partial charge in [-0.2, -0.15) is 0 Å². The number of nitrogens with zero attached hydrogens (tertiary/aromatic N) is 3. The van der Waals surface area contributed by atoms with Gasteiger partial charge in [0.25, 0.3) is 0 Å². The van der Waals surface area contributed by atoms with Crippen LogP contribution in [0.5, 0.6) is 0 Å². The minimum atomic E-state index is -0.636. The Hall–Kier alpha value is -3.51. The van der Waals surface area contributed by atoms with Crippen molar-refractivity contribution < 1.29 is 9.90 Å². The number of benzene rings is 2. The lowest BCUT2D eigenvalue weighted by Gasteiger charge is -2.40. The Labute approximate surface area is 174 Å². The topological polar surface area (TPSA) is 93.5 Å². The maximum absolute atomic E-state index is 11.4. The van der Waals surface area contributed by atoms with Crippen LogP contribution in [0.4, 0.5) is 5.82 Å². The Bertz CT molecular complexity index is 1250. The number of carbonyl (C=O) groups is 1. The predicted octanol–water partition coefficient (Wildman–Crippen LogP) is 4.09. The van der Waals surface area contributed by atoms with Crippen LogP contribution >= 0.6 is 0 Å². The number of aldehydes is 1. The number of hydrogen-bond donors (Lipinski definition) is 2. The first-order chi connectivity index (χ1) is 14.5. The molecule has 4 aromatic rings. The van der Waals surface area contributed by atoms with Crippen molar-refractivity contribution in [1.82, 2.24) is 14.4 Å². The zero-order chi connectivity index (χ0) is 20.9. The number of imidazole rings is 1. The molecule has 0 spiro atoms. The molecule has 2 heterocycles. The molecule has 0 saturated heterocycles. The van der Waals surface area contributed by atoms with Crippen LogP contribution in [-0.2, 0) is 0 Å². The van der Waals surface area contributed by atoms with Crippen molar-refractivity contribution in [3.05, 3.63) is 72.3 Å². The van der Waals surface area contributed by atoms with Gasteiger partial charge in [0.05, 0.1) is 5.60 Å². The SMILES string of the molecule is CC1(O)CC(c2nc(-c3ccc(-c4ccccc4C=O)cc3)c3c(N)nccn23)C1. The van der Waals surface area contributed by atoms with Crippen LogP contribution in [0, 0.1) is 0 Å². The summed E-state index contributed by atoms with van der Waals surface area (Å²) >= 11 is 0. The van der Waals surface area contributed by atoms with E-state index in [4.69, 9.17) is 10.7 Å². The normalized spacial score (nSPS) is 20.8. The molecule has 0 unspecified atom stereocenters. The molecule has 1 aliphatic carbocycles. The molecule has 30 heavy (non-hydrogen) atoms. The van der Waals surface area contributed by atoms with Crippen molar-refractivity contribution in [3.8, 4) is 22.4 Å². The molecular formula is C24H22N4O2. The van der Waals surface area contributed by atoms with Crippen molar-refractivity contribution in [3.63, 3.8) is 0 Å². The molecule has 150 valence electrons. The van der Waals surface area contributed by atoms with E-state index in [1.54, 1.807) is 6.20 Å². The molecule has 0 atom stereocenters. The molecule has 1 saturated carbocycles. The summed E-state index contributed by atoms with van der Waals surface area (Å²) < 4.78 is 1.99. The predicted molar refractivity (Wildman–Crippen MR) is 116 cm³/mol. The van der Waals surface area contributed by atoms with Gasteiger partial charge in [-0.05, 0) is 30.9 Å². The molecule has 2 aromatic heterocycles. The Morgan fingerprint density at radius 1 is 1.13 bits per heavy atom. The summed E-state index contributed by atoms with van der Waals surface area (Å²) in [6, 6.07) is 15.5. The summed E-state index contributed by atoms with van der Waals surface area (Å²) in [6.45, 7) is 1.85. The largest absolute Gasteiger partial charge is 0.390 e. The number of fused-ring (bicyclic) bond motifs is 1. The highest BCUT2D eigenvalue weighted by molar-refractivity contribution is 5.89. The molecule has 3 N–H and O–H groups in total. The number of carbonyl (C=O) groups excluding carboxylic acids is 1. The summed E-state index contributed by atoms with van der Waals surface area (Å²) in [5.74, 6) is 1.51. The van der Waals surface area contributed by atoms with Gasteiger partial charge in [0.1, 0.15) is 22.9 Å². The van der Waals surface area contributed by atoms with Crippen LogP contribution in [-0.4, -0.2) is 31.4 Å². The first-order valence-corrected chi connectivity index (χ1v) is 9.97. The monoisotopic (exact) mass is 398 g/mol. The van der Waals surface area contributed by atoms with Gasteiger partial charge in [0.2, 0.25) is 0 Å². The van der Waals surface area contributed by atoms with E-state index in [1.165, 1.54) is 0 Å². The Kier molecular flexibility index (Phi) is 4.18. The van der Waals surface area contributed by atoms with E-state index in [0.717, 1.165) is 40.0 Å². The fraction of sp³-hybridized carbons (Fsp3) is 0.208. The van der Waals surface area contributed by atoms with Crippen molar-refractivity contribution in [2.75, 3.05) is 5.73 Å². The minimum absolute atomic E-state index is 0.182. The second kappa shape index (κ2) is 6.78. The van der Waals surface area contributed by atoms with Crippen molar-refractivity contribution in [2.45, 2.75) is 31.3 Å². The van der Waals surface area contributed by atoms with Crippen molar-refractivity contribution >= 4 is 17.6 Å². The van der Waals surface area contributed by atoms with Crippen LogP contribution in [0.1, 0.15) is 41.9 Å². The smallest absolute Gasteiger partial charge is 0.150 e. The van der Waals surface area contributed by atoms with E-state index in [9.17, 15) is 9.90 Å². The lowest BCUT2D eigenvalue weighted by atomic mass is 9.72. The highest BCUT2D eigenvalue weighted by atomic mass is 16.3. The van der Waals surface area contributed by atoms with Crippen LogP contribution in [0.15, 0.2) is 60.9 Å². The third-order valence-corrected chi connectivity index (χ3v) is 5.90. The minimum Gasteiger partial charge on any atom is -0.390 e. The number of nitrogens with two attached hydrogens (primary N) is 1. The molecule has 0 amide bonds. The molecule has 0 aliphatic heterocycles. The van der Waals surface area contributed by atoms with Crippen LogP contribution < -0.4 is 5.73 Å². The van der Waals surface area contributed by atoms with Crippen molar-refractivity contribution in [2.24, 2.45) is 0 Å². The molecule has 0 radical (unpaired) electrons. The molecule has 6 nitrogen and oxygen atoms in total. The van der Waals surface area contributed by atoms with Gasteiger partial charge in [-0.3, -0.25) is 9.20 Å². The Morgan fingerprint density at radius 2 is 1.83 bits per heavy atom. The van der Waals surface area contributed by atoms with Crippen LogP contribution in [0.3, 0.4) is 0 Å². The molecule has 1 aliphatic rings. The van der Waals surface area contributed by atoms with Crippen molar-refractivity contribution in [1.29, 1.82) is 0 Å². The fourth-order valence-electron chi connectivity index (χ4n) is 4.43. The molecule has 2 aromatic carbocycles. The molecule has 5 rings (SSSR count). The average Bonchev–Trinajstić information content (AvgIpc) is 3.13. The van der Waals surface area contributed by atoms with Crippen LogP contribution in [0.25, 0.3) is 27.9 Å². The maximum atomic E-state index is 11.4. The standard InChI is InChI=1S/C24H22N4O2/c1-24(30)12-18(13-24)23-27-20(21-22(25)26-10-11-28(21)23)16-8-6-15(7-9-16)19-5-3-2-4-17(19)14-29/h2-11,14,18,30H,12-13H2,1H3,(H2,25,26). The molecule has 6 heteroatoms. The quantitative estimate of drug-likeness (QED) is 0.505. The summed E-state index contributed by atoms with van der Waals surface area (Å²) in [5.41, 5.74) is 10.6. The van der Waals surface area contributed by atoms with Gasteiger partial charge in [-0.25, -0.2) is 9.97 Å². The van der Waals surface area contributed by atoms with Gasteiger partial charge in [0, 0.05) is 29.4 Å². The van der Waals surface area contributed by atoms with E-state index in [2.05, 4.69) is 4.98 Å².